The van der Waals surface area contributed by atoms with Crippen molar-refractivity contribution in [3.63, 3.8) is 0 Å². The molecule has 3 aliphatic heterocycles. The van der Waals surface area contributed by atoms with Crippen LogP contribution in [0.5, 0.6) is 0 Å². The minimum absolute atomic E-state index is 0.00191. The Morgan fingerprint density at radius 2 is 0.975 bits per heavy atom. The van der Waals surface area contributed by atoms with Crippen LogP contribution in [0.1, 0.15) is 107 Å². The molecule has 3 amide bonds. The summed E-state index contributed by atoms with van der Waals surface area (Å²) >= 11 is 0. The maximum atomic E-state index is 12.9. The lowest BCUT2D eigenvalue weighted by molar-refractivity contribution is -0.118. The van der Waals surface area contributed by atoms with Crippen LogP contribution in [0.25, 0.3) is 22.0 Å². The number of aryl methyl sites for hydroxylation is 1. The van der Waals surface area contributed by atoms with E-state index < -0.39 is 61.5 Å². The van der Waals surface area contributed by atoms with Crippen molar-refractivity contribution in [1.82, 2.24) is 19.9 Å². The largest absolute Gasteiger partial charge is 0.381 e. The monoisotopic (exact) mass is 1150 g/mol. The standard InChI is InChI=1S/C20H27N3O4S.C19H24N2O4S.C17H28N2O5S/c1-20(2,28(25,26)14-15-9-11-27-12-10-15)19(24)21-18-13-17(22-23(18)3)16-7-5-4-6-8-16;1-19(2,26(23,24)13-14-7-9-25-10-8-14)18(22)21-17-11-15-5-3-4-6-16(15)12-20-17;1-16(2,3)13-10-14(24-19-13)18-15(20)17(4,5)25(21,22)11-12-6-8-23-9-7-12/h4-8,13,15H,9-12,14H2,1-3H3,(H,21,24);3-6,11-12,14H,7-10,13H2,1-2H3,(H,20,21,22);10,12H,6-9,11H2,1-5H3,(H,18,20). The van der Waals surface area contributed by atoms with Gasteiger partial charge in [0, 0.05) is 81.4 Å². The van der Waals surface area contributed by atoms with Gasteiger partial charge in [-0.15, -0.1) is 0 Å². The van der Waals surface area contributed by atoms with E-state index in [2.05, 4.69) is 31.2 Å². The Hall–Kier alpha value is -5.59. The van der Waals surface area contributed by atoms with E-state index in [1.54, 1.807) is 36.1 Å². The average Bonchev–Trinajstić information content (AvgIpc) is 4.07. The molecule has 3 N–H and O–H groups in total. The number of aromatic nitrogens is 4. The lowest BCUT2D eigenvalue weighted by Crippen LogP contribution is -2.47. The lowest BCUT2D eigenvalue weighted by atomic mass is 9.92. The second-order valence-electron chi connectivity index (χ2n) is 23.1. The highest BCUT2D eigenvalue weighted by atomic mass is 32.2. The number of pyridine rings is 1. The van der Waals surface area contributed by atoms with E-state index in [0.717, 1.165) is 16.3 Å². The summed E-state index contributed by atoms with van der Waals surface area (Å²) in [4.78, 5) is 42.4. The normalized spacial score (nSPS) is 16.7. The highest BCUT2D eigenvalue weighted by Gasteiger charge is 2.46. The molecule has 3 aliphatic rings. The van der Waals surface area contributed by atoms with Gasteiger partial charge in [0.15, 0.2) is 29.5 Å². The van der Waals surface area contributed by atoms with Crippen LogP contribution in [0.15, 0.2) is 83.5 Å². The van der Waals surface area contributed by atoms with Crippen molar-refractivity contribution < 1.29 is 58.4 Å². The van der Waals surface area contributed by atoms with E-state index >= 15 is 0 Å². The third-order valence-electron chi connectivity index (χ3n) is 14.9. The highest BCUT2D eigenvalue weighted by molar-refractivity contribution is 7.94. The molecule has 79 heavy (non-hydrogen) atoms. The number of benzene rings is 2. The minimum Gasteiger partial charge on any atom is -0.381 e. The fourth-order valence-corrected chi connectivity index (χ4v) is 13.8. The number of ether oxygens (including phenoxy) is 3. The molecule has 0 bridgehead atoms. The van der Waals surface area contributed by atoms with Crippen LogP contribution >= 0.6 is 0 Å². The number of hydrogen-bond acceptors (Lipinski definition) is 16. The second kappa shape index (κ2) is 25.9. The van der Waals surface area contributed by atoms with Gasteiger partial charge < -0.3 is 29.4 Å². The van der Waals surface area contributed by atoms with Crippen molar-refractivity contribution in [3.8, 4) is 11.3 Å². The van der Waals surface area contributed by atoms with Crippen molar-refractivity contribution in [3.05, 3.63) is 84.7 Å². The third kappa shape index (κ3) is 16.1. The Kier molecular flexibility index (Phi) is 20.5. The summed E-state index contributed by atoms with van der Waals surface area (Å²) in [5.74, 6) is -0.675. The van der Waals surface area contributed by atoms with Gasteiger partial charge in [-0.05, 0) is 109 Å². The van der Waals surface area contributed by atoms with Gasteiger partial charge in [0.1, 0.15) is 25.9 Å². The molecule has 0 spiro atoms. The smallest absolute Gasteiger partial charge is 0.247 e. The first kappa shape index (κ1) is 62.6. The van der Waals surface area contributed by atoms with Crippen molar-refractivity contribution in [2.45, 2.75) is 120 Å². The summed E-state index contributed by atoms with van der Waals surface area (Å²) in [5, 5.41) is 18.2. The molecular formula is C56H79N7O13S3. The molecule has 20 nitrogen and oxygen atoms in total. The molecule has 3 saturated heterocycles. The molecule has 5 aromatic rings. The Morgan fingerprint density at radius 3 is 1.42 bits per heavy atom. The summed E-state index contributed by atoms with van der Waals surface area (Å²) < 4.78 is 95.0. The van der Waals surface area contributed by atoms with Crippen LogP contribution in [0.3, 0.4) is 0 Å². The summed E-state index contributed by atoms with van der Waals surface area (Å²) in [5.41, 5.74) is 2.09. The average molecular weight is 1150 g/mol. The number of fused-ring (bicyclic) bond motifs is 1. The van der Waals surface area contributed by atoms with Crippen LogP contribution < -0.4 is 16.0 Å². The zero-order valence-electron chi connectivity index (χ0n) is 47.2. The number of sulfone groups is 3. The molecule has 0 radical (unpaired) electrons. The Labute approximate surface area is 465 Å². The molecule has 23 heteroatoms. The third-order valence-corrected chi connectivity index (χ3v) is 22.9. The van der Waals surface area contributed by atoms with Crippen molar-refractivity contribution >= 4 is 75.5 Å². The van der Waals surface area contributed by atoms with Gasteiger partial charge in [0.2, 0.25) is 23.6 Å². The van der Waals surface area contributed by atoms with E-state index in [0.29, 0.717) is 101 Å². The predicted molar refractivity (Wildman–Crippen MR) is 306 cm³/mol. The Morgan fingerprint density at radius 1 is 0.557 bits per heavy atom. The molecule has 8 rings (SSSR count). The van der Waals surface area contributed by atoms with Crippen LogP contribution in [0.2, 0.25) is 0 Å². The first-order valence-electron chi connectivity index (χ1n) is 26.7. The Bertz CT molecular complexity index is 3220. The van der Waals surface area contributed by atoms with E-state index in [1.165, 1.54) is 41.5 Å². The molecule has 0 atom stereocenters. The van der Waals surface area contributed by atoms with Gasteiger partial charge in [0.25, 0.3) is 0 Å². The molecule has 434 valence electrons. The van der Waals surface area contributed by atoms with Crippen LogP contribution in [-0.2, 0) is 70.6 Å². The number of rotatable bonds is 16. The molecular weight excluding hydrogens is 1070 g/mol. The van der Waals surface area contributed by atoms with E-state index in [4.69, 9.17) is 18.7 Å². The van der Waals surface area contributed by atoms with Crippen molar-refractivity contribution in [2.75, 3.05) is 72.9 Å². The van der Waals surface area contributed by atoms with Crippen LogP contribution in [-0.4, -0.2) is 134 Å². The number of hydrogen-bond donors (Lipinski definition) is 3. The van der Waals surface area contributed by atoms with Gasteiger partial charge in [-0.2, -0.15) is 5.10 Å². The van der Waals surface area contributed by atoms with Crippen LogP contribution in [0, 0.1) is 17.8 Å². The van der Waals surface area contributed by atoms with Gasteiger partial charge >= 0.3 is 0 Å². The molecule has 2 aromatic carbocycles. The fraction of sp³-hybridized carbons (Fsp3) is 0.571. The predicted octanol–water partition coefficient (Wildman–Crippen LogP) is 7.97. The Balaban J connectivity index is 0.000000192. The summed E-state index contributed by atoms with van der Waals surface area (Å²) in [6.07, 6.45) is 5.90. The first-order valence-corrected chi connectivity index (χ1v) is 31.6. The van der Waals surface area contributed by atoms with Crippen molar-refractivity contribution in [1.29, 1.82) is 0 Å². The second-order valence-corrected chi connectivity index (χ2v) is 30.8. The number of carbonyl (C=O) groups excluding carboxylic acids is 3. The van der Waals surface area contributed by atoms with Crippen molar-refractivity contribution in [2.24, 2.45) is 24.8 Å². The fourth-order valence-electron chi connectivity index (χ4n) is 8.69. The van der Waals surface area contributed by atoms with E-state index in [9.17, 15) is 39.6 Å². The molecule has 0 unspecified atom stereocenters. The van der Waals surface area contributed by atoms with Crippen LogP contribution in [0.4, 0.5) is 17.5 Å². The summed E-state index contributed by atoms with van der Waals surface area (Å²) in [6, 6.07) is 22.4. The maximum Gasteiger partial charge on any atom is 0.247 e. The van der Waals surface area contributed by atoms with E-state index in [1.807, 2.05) is 75.4 Å². The number of amides is 3. The minimum atomic E-state index is -3.63. The zero-order valence-corrected chi connectivity index (χ0v) is 49.6. The lowest BCUT2D eigenvalue weighted by Gasteiger charge is -2.28. The van der Waals surface area contributed by atoms with Gasteiger partial charge in [-0.3, -0.25) is 24.4 Å². The number of nitrogens with zero attached hydrogens (tertiary/aromatic N) is 4. The number of nitrogens with one attached hydrogen (secondary N) is 3. The zero-order chi connectivity index (χ0) is 58.0. The maximum absolute atomic E-state index is 12.9. The molecule has 3 fully saturated rings. The van der Waals surface area contributed by atoms with E-state index in [-0.39, 0.29) is 46.3 Å². The SMILES string of the molecule is CC(C)(C(=O)Nc1cc2ccccc2cn1)S(=O)(=O)CC1CCOCC1.CC(C)(C)c1cc(NC(=O)C(C)(C)S(=O)(=O)CC2CCOCC2)on1.Cn1nc(-c2ccccc2)cc1NC(=O)C(C)(C)S(=O)(=O)CC1CCOCC1. The number of carbonyl (C=O) groups is 3. The summed E-state index contributed by atoms with van der Waals surface area (Å²) in [6.45, 7) is 18.1. The highest BCUT2D eigenvalue weighted by Crippen LogP contribution is 2.31. The quantitative estimate of drug-likeness (QED) is 0.0845. The topological polar surface area (TPSA) is 274 Å². The molecule has 6 heterocycles. The summed E-state index contributed by atoms with van der Waals surface area (Å²) in [7, 11) is -9.17. The van der Waals surface area contributed by atoms with Gasteiger partial charge in [0.05, 0.1) is 28.6 Å². The first-order chi connectivity index (χ1) is 36.9. The molecule has 0 saturated carbocycles. The molecule has 0 aliphatic carbocycles. The van der Waals surface area contributed by atoms with Gasteiger partial charge in [-0.1, -0.05) is 80.5 Å². The van der Waals surface area contributed by atoms with Gasteiger partial charge in [-0.25, -0.2) is 30.2 Å². The molecule has 3 aromatic heterocycles. The number of anilines is 3.